The summed E-state index contributed by atoms with van der Waals surface area (Å²) in [5.74, 6) is -0.762. The number of methoxy groups -OCH3 is 1. The summed E-state index contributed by atoms with van der Waals surface area (Å²) in [6.45, 7) is 1.84. The van der Waals surface area contributed by atoms with Gasteiger partial charge in [-0.25, -0.2) is 13.2 Å². The SMILES string of the molecule is COC(=O)c1cccc(C(=O)N(C)C(C)c2ccc(S(C)(=O)=O)cc2)c1. The van der Waals surface area contributed by atoms with Gasteiger partial charge in [-0.1, -0.05) is 18.2 Å². The van der Waals surface area contributed by atoms with Crippen molar-refractivity contribution in [2.45, 2.75) is 17.9 Å². The predicted molar refractivity (Wildman–Crippen MR) is 97.8 cm³/mol. The Balaban J connectivity index is 2.23. The van der Waals surface area contributed by atoms with Gasteiger partial charge in [0.25, 0.3) is 5.91 Å². The molecule has 2 aromatic rings. The second-order valence-electron chi connectivity index (χ2n) is 6.01. The molecule has 6 nitrogen and oxygen atoms in total. The van der Waals surface area contributed by atoms with E-state index in [1.165, 1.54) is 30.2 Å². The van der Waals surface area contributed by atoms with Crippen molar-refractivity contribution in [1.82, 2.24) is 4.90 Å². The summed E-state index contributed by atoms with van der Waals surface area (Å²) in [4.78, 5) is 26.1. The average Bonchev–Trinajstić information content (AvgIpc) is 2.65. The van der Waals surface area contributed by atoms with Crippen LogP contribution in [0.1, 0.15) is 39.2 Å². The first-order valence-electron chi connectivity index (χ1n) is 7.90. The second-order valence-corrected chi connectivity index (χ2v) is 8.02. The van der Waals surface area contributed by atoms with Gasteiger partial charge in [0.15, 0.2) is 9.84 Å². The van der Waals surface area contributed by atoms with Gasteiger partial charge in [-0.3, -0.25) is 4.79 Å². The zero-order chi connectivity index (χ0) is 19.5. The Morgan fingerprint density at radius 1 is 1.04 bits per heavy atom. The topological polar surface area (TPSA) is 80.8 Å². The first-order chi connectivity index (χ1) is 12.1. The van der Waals surface area contributed by atoms with Crippen molar-refractivity contribution >= 4 is 21.7 Å². The minimum Gasteiger partial charge on any atom is -0.465 e. The molecule has 0 aliphatic carbocycles. The largest absolute Gasteiger partial charge is 0.465 e. The standard InChI is InChI=1S/C19H21NO5S/c1-13(14-8-10-17(11-9-14)26(4,23)24)20(2)18(21)15-6-5-7-16(12-15)19(22)25-3/h5-13H,1-4H3. The van der Waals surface area contributed by atoms with E-state index in [0.29, 0.717) is 11.1 Å². The van der Waals surface area contributed by atoms with E-state index in [-0.39, 0.29) is 16.8 Å². The van der Waals surface area contributed by atoms with Crippen LogP contribution < -0.4 is 0 Å². The number of hydrogen-bond acceptors (Lipinski definition) is 5. The van der Waals surface area contributed by atoms with E-state index in [9.17, 15) is 18.0 Å². The van der Waals surface area contributed by atoms with Crippen molar-refractivity contribution < 1.29 is 22.7 Å². The van der Waals surface area contributed by atoms with E-state index in [2.05, 4.69) is 4.74 Å². The van der Waals surface area contributed by atoms with E-state index in [1.807, 2.05) is 6.92 Å². The molecule has 0 N–H and O–H groups in total. The second kappa shape index (κ2) is 7.70. The molecule has 0 spiro atoms. The summed E-state index contributed by atoms with van der Waals surface area (Å²) in [7, 11) is -0.327. The van der Waals surface area contributed by atoms with E-state index in [1.54, 1.807) is 37.4 Å². The maximum Gasteiger partial charge on any atom is 0.337 e. The highest BCUT2D eigenvalue weighted by Crippen LogP contribution is 2.22. The highest BCUT2D eigenvalue weighted by Gasteiger charge is 2.20. The summed E-state index contributed by atoms with van der Waals surface area (Å²) in [5.41, 5.74) is 1.48. The number of ether oxygens (including phenoxy) is 1. The predicted octanol–water partition coefficient (Wildman–Crippen LogP) is 2.71. The van der Waals surface area contributed by atoms with Gasteiger partial charge in [-0.15, -0.1) is 0 Å². The molecule has 26 heavy (non-hydrogen) atoms. The highest BCUT2D eigenvalue weighted by molar-refractivity contribution is 7.90. The smallest absolute Gasteiger partial charge is 0.337 e. The maximum atomic E-state index is 12.7. The summed E-state index contributed by atoms with van der Waals surface area (Å²) >= 11 is 0. The van der Waals surface area contributed by atoms with Gasteiger partial charge in [-0.2, -0.15) is 0 Å². The molecule has 2 aromatic carbocycles. The lowest BCUT2D eigenvalue weighted by molar-refractivity contribution is 0.0600. The van der Waals surface area contributed by atoms with Crippen LogP contribution in [0.25, 0.3) is 0 Å². The Labute approximate surface area is 153 Å². The van der Waals surface area contributed by atoms with Crippen molar-refractivity contribution in [1.29, 1.82) is 0 Å². The molecule has 2 rings (SSSR count). The molecular formula is C19H21NO5S. The minimum atomic E-state index is -3.26. The number of rotatable bonds is 5. The molecule has 0 aliphatic heterocycles. The van der Waals surface area contributed by atoms with Gasteiger partial charge in [0, 0.05) is 18.9 Å². The molecular weight excluding hydrogens is 354 g/mol. The quantitative estimate of drug-likeness (QED) is 0.751. The number of carbonyl (C=O) groups excluding carboxylic acids is 2. The lowest BCUT2D eigenvalue weighted by Gasteiger charge is -2.25. The fourth-order valence-electron chi connectivity index (χ4n) is 2.49. The van der Waals surface area contributed by atoms with Crippen LogP contribution in [-0.4, -0.2) is 45.6 Å². The van der Waals surface area contributed by atoms with Crippen molar-refractivity contribution in [2.75, 3.05) is 20.4 Å². The molecule has 0 radical (unpaired) electrons. The molecule has 1 amide bonds. The molecule has 0 fully saturated rings. The maximum absolute atomic E-state index is 12.7. The molecule has 1 atom stereocenters. The zero-order valence-corrected chi connectivity index (χ0v) is 15.9. The third-order valence-electron chi connectivity index (χ3n) is 4.22. The van der Waals surface area contributed by atoms with E-state index < -0.39 is 15.8 Å². The average molecular weight is 375 g/mol. The fraction of sp³-hybridized carbons (Fsp3) is 0.263. The molecule has 138 valence electrons. The van der Waals surface area contributed by atoms with E-state index in [0.717, 1.165) is 11.8 Å². The lowest BCUT2D eigenvalue weighted by atomic mass is 10.1. The Morgan fingerprint density at radius 2 is 1.62 bits per heavy atom. The van der Waals surface area contributed by atoms with Gasteiger partial charge >= 0.3 is 5.97 Å². The van der Waals surface area contributed by atoms with Gasteiger partial charge in [0.2, 0.25) is 0 Å². The molecule has 0 bridgehead atoms. The van der Waals surface area contributed by atoms with Crippen molar-refractivity contribution in [2.24, 2.45) is 0 Å². The Hall–Kier alpha value is -2.67. The number of amides is 1. The Bertz CT molecular complexity index is 919. The lowest BCUT2D eigenvalue weighted by Crippen LogP contribution is -2.29. The van der Waals surface area contributed by atoms with E-state index in [4.69, 9.17) is 0 Å². The van der Waals surface area contributed by atoms with Crippen molar-refractivity contribution in [3.05, 3.63) is 65.2 Å². The van der Waals surface area contributed by atoms with Crippen molar-refractivity contribution in [3.8, 4) is 0 Å². The molecule has 1 unspecified atom stereocenters. The molecule has 0 saturated carbocycles. The third kappa shape index (κ3) is 4.29. The van der Waals surface area contributed by atoms with Gasteiger partial charge < -0.3 is 9.64 Å². The van der Waals surface area contributed by atoms with Gasteiger partial charge in [-0.05, 0) is 42.8 Å². The highest BCUT2D eigenvalue weighted by atomic mass is 32.2. The van der Waals surface area contributed by atoms with Crippen LogP contribution in [0.3, 0.4) is 0 Å². The summed E-state index contributed by atoms with van der Waals surface area (Å²) in [5, 5.41) is 0. The first-order valence-corrected chi connectivity index (χ1v) is 9.80. The number of carbonyl (C=O) groups is 2. The first kappa shape index (κ1) is 19.7. The molecule has 0 heterocycles. The van der Waals surface area contributed by atoms with Crippen LogP contribution in [0.5, 0.6) is 0 Å². The number of esters is 1. The number of hydrogen-bond donors (Lipinski definition) is 0. The van der Waals surface area contributed by atoms with Crippen LogP contribution in [0.15, 0.2) is 53.4 Å². The monoisotopic (exact) mass is 375 g/mol. The van der Waals surface area contributed by atoms with Gasteiger partial charge in [0.05, 0.1) is 23.6 Å². The zero-order valence-electron chi connectivity index (χ0n) is 15.1. The Kier molecular flexibility index (Phi) is 5.82. The number of sulfone groups is 1. The van der Waals surface area contributed by atoms with Gasteiger partial charge in [0.1, 0.15) is 0 Å². The molecule has 0 saturated heterocycles. The molecule has 0 aliphatic rings. The Morgan fingerprint density at radius 3 is 2.15 bits per heavy atom. The summed E-state index contributed by atoms with van der Waals surface area (Å²) in [6.07, 6.45) is 1.15. The van der Waals surface area contributed by atoms with Crippen LogP contribution >= 0.6 is 0 Å². The van der Waals surface area contributed by atoms with Crippen molar-refractivity contribution in [3.63, 3.8) is 0 Å². The normalized spacial score (nSPS) is 12.3. The molecule has 7 heteroatoms. The summed E-state index contributed by atoms with van der Waals surface area (Å²) < 4.78 is 27.8. The minimum absolute atomic E-state index is 0.230. The van der Waals surface area contributed by atoms with Crippen LogP contribution in [-0.2, 0) is 14.6 Å². The number of nitrogens with zero attached hydrogens (tertiary/aromatic N) is 1. The number of benzene rings is 2. The summed E-state index contributed by atoms with van der Waals surface area (Å²) in [6, 6.07) is 12.5. The van der Waals surface area contributed by atoms with Crippen LogP contribution in [0.4, 0.5) is 0 Å². The fourth-order valence-corrected chi connectivity index (χ4v) is 3.12. The molecule has 0 aromatic heterocycles. The van der Waals surface area contributed by atoms with Crippen LogP contribution in [0, 0.1) is 0 Å². The van der Waals surface area contributed by atoms with Crippen LogP contribution in [0.2, 0.25) is 0 Å². The van der Waals surface area contributed by atoms with E-state index >= 15 is 0 Å². The third-order valence-corrected chi connectivity index (χ3v) is 5.35.